The molecule has 0 fully saturated rings. The van der Waals surface area contributed by atoms with Gasteiger partial charge in [-0.1, -0.05) is 51.1 Å². The minimum Gasteiger partial charge on any atom is -0.489 e. The van der Waals surface area contributed by atoms with Gasteiger partial charge < -0.3 is 4.74 Å². The van der Waals surface area contributed by atoms with Crippen LogP contribution in [0, 0.1) is 5.82 Å². The Morgan fingerprint density at radius 2 is 1.75 bits per heavy atom. The third kappa shape index (κ3) is 3.60. The molecule has 3 heteroatoms. The fourth-order valence-corrected chi connectivity index (χ4v) is 2.29. The number of rotatable bonds is 3. The smallest absolute Gasteiger partial charge is 0.137 e. The Morgan fingerprint density at radius 1 is 1.10 bits per heavy atom. The zero-order valence-electron chi connectivity index (χ0n) is 11.9. The van der Waals surface area contributed by atoms with Crippen LogP contribution in [-0.4, -0.2) is 0 Å². The molecule has 0 N–H and O–H groups in total. The van der Waals surface area contributed by atoms with E-state index in [2.05, 4.69) is 15.9 Å². The SMILES string of the molecule is CC(C)(C)c1cc(F)c(Br)cc1OCc1ccccc1. The van der Waals surface area contributed by atoms with Crippen molar-refractivity contribution in [3.05, 3.63) is 63.9 Å². The average Bonchev–Trinajstić information content (AvgIpc) is 2.39. The van der Waals surface area contributed by atoms with Crippen LogP contribution in [0.25, 0.3) is 0 Å². The van der Waals surface area contributed by atoms with Crippen molar-refractivity contribution in [1.82, 2.24) is 0 Å². The van der Waals surface area contributed by atoms with Gasteiger partial charge in [0.15, 0.2) is 0 Å². The normalized spacial score (nSPS) is 11.4. The first-order valence-corrected chi connectivity index (χ1v) is 7.33. The number of ether oxygens (including phenoxy) is 1. The van der Waals surface area contributed by atoms with Gasteiger partial charge in [0.1, 0.15) is 18.2 Å². The van der Waals surface area contributed by atoms with E-state index in [0.717, 1.165) is 16.9 Å². The van der Waals surface area contributed by atoms with Gasteiger partial charge in [-0.15, -0.1) is 0 Å². The fraction of sp³-hybridized carbons (Fsp3) is 0.294. The summed E-state index contributed by atoms with van der Waals surface area (Å²) in [5.41, 5.74) is 1.79. The zero-order chi connectivity index (χ0) is 14.8. The van der Waals surface area contributed by atoms with Gasteiger partial charge in [0.2, 0.25) is 0 Å². The Morgan fingerprint density at radius 3 is 2.35 bits per heavy atom. The second-order valence-corrected chi connectivity index (χ2v) is 6.64. The Labute approximate surface area is 127 Å². The van der Waals surface area contributed by atoms with Crippen LogP contribution >= 0.6 is 15.9 Å². The van der Waals surface area contributed by atoms with Crippen LogP contribution in [0.3, 0.4) is 0 Å². The predicted octanol–water partition coefficient (Wildman–Crippen LogP) is 5.46. The summed E-state index contributed by atoms with van der Waals surface area (Å²) in [4.78, 5) is 0. The molecule has 0 saturated carbocycles. The van der Waals surface area contributed by atoms with E-state index in [1.807, 2.05) is 51.1 Å². The van der Waals surface area contributed by atoms with Gasteiger partial charge >= 0.3 is 0 Å². The minimum atomic E-state index is -0.262. The third-order valence-corrected chi connectivity index (χ3v) is 3.68. The van der Waals surface area contributed by atoms with Crippen molar-refractivity contribution in [2.75, 3.05) is 0 Å². The highest BCUT2D eigenvalue weighted by Crippen LogP contribution is 2.35. The number of hydrogen-bond acceptors (Lipinski definition) is 1. The topological polar surface area (TPSA) is 9.23 Å². The maximum Gasteiger partial charge on any atom is 0.137 e. The lowest BCUT2D eigenvalue weighted by atomic mass is 9.86. The van der Waals surface area contributed by atoms with Gasteiger partial charge in [0.25, 0.3) is 0 Å². The lowest BCUT2D eigenvalue weighted by molar-refractivity contribution is 0.296. The summed E-state index contributed by atoms with van der Waals surface area (Å²) in [5, 5.41) is 0. The van der Waals surface area contributed by atoms with Gasteiger partial charge in [-0.2, -0.15) is 0 Å². The van der Waals surface area contributed by atoms with E-state index < -0.39 is 0 Å². The first-order valence-electron chi connectivity index (χ1n) is 6.54. The highest BCUT2D eigenvalue weighted by molar-refractivity contribution is 9.10. The van der Waals surface area contributed by atoms with Crippen LogP contribution in [0.15, 0.2) is 46.9 Å². The number of benzene rings is 2. The molecule has 0 saturated heterocycles. The van der Waals surface area contributed by atoms with Crippen LogP contribution in [0.4, 0.5) is 4.39 Å². The first kappa shape index (κ1) is 15.0. The highest BCUT2D eigenvalue weighted by Gasteiger charge is 2.21. The second kappa shape index (κ2) is 5.96. The number of halogens is 2. The highest BCUT2D eigenvalue weighted by atomic mass is 79.9. The van der Waals surface area contributed by atoms with Crippen molar-refractivity contribution >= 4 is 15.9 Å². The van der Waals surface area contributed by atoms with Crippen molar-refractivity contribution < 1.29 is 9.13 Å². The molecule has 0 aliphatic heterocycles. The summed E-state index contributed by atoms with van der Waals surface area (Å²) in [6, 6.07) is 13.2. The van der Waals surface area contributed by atoms with Gasteiger partial charge in [-0.25, -0.2) is 4.39 Å². The van der Waals surface area contributed by atoms with Gasteiger partial charge in [-0.05, 0) is 39.0 Å². The molecule has 0 aliphatic carbocycles. The molecule has 0 atom stereocenters. The van der Waals surface area contributed by atoms with E-state index in [-0.39, 0.29) is 11.2 Å². The molecule has 20 heavy (non-hydrogen) atoms. The summed E-state index contributed by atoms with van der Waals surface area (Å²) in [7, 11) is 0. The zero-order valence-corrected chi connectivity index (χ0v) is 13.5. The Bertz CT molecular complexity index is 588. The molecule has 106 valence electrons. The summed E-state index contributed by atoms with van der Waals surface area (Å²) < 4.78 is 20.1. The summed E-state index contributed by atoms with van der Waals surface area (Å²) >= 11 is 3.22. The largest absolute Gasteiger partial charge is 0.489 e. The van der Waals surface area contributed by atoms with E-state index >= 15 is 0 Å². The molecule has 0 heterocycles. The van der Waals surface area contributed by atoms with Crippen LogP contribution in [0.2, 0.25) is 0 Å². The third-order valence-electron chi connectivity index (χ3n) is 3.07. The Balaban J connectivity index is 2.28. The summed E-state index contributed by atoms with van der Waals surface area (Å²) in [6.45, 7) is 6.61. The quantitative estimate of drug-likeness (QED) is 0.722. The van der Waals surface area contributed by atoms with Crippen molar-refractivity contribution in [2.45, 2.75) is 32.8 Å². The molecule has 2 aromatic rings. The van der Waals surface area contributed by atoms with E-state index in [1.165, 1.54) is 0 Å². The van der Waals surface area contributed by atoms with E-state index in [0.29, 0.717) is 11.1 Å². The maximum absolute atomic E-state index is 13.8. The molecular formula is C17H18BrFO. The van der Waals surface area contributed by atoms with E-state index in [4.69, 9.17) is 4.74 Å². The molecule has 0 radical (unpaired) electrons. The van der Waals surface area contributed by atoms with Crippen LogP contribution in [-0.2, 0) is 12.0 Å². The van der Waals surface area contributed by atoms with Gasteiger partial charge in [-0.3, -0.25) is 0 Å². The molecule has 0 bridgehead atoms. The minimum absolute atomic E-state index is 0.173. The van der Waals surface area contributed by atoms with Crippen molar-refractivity contribution in [3.8, 4) is 5.75 Å². The average molecular weight is 337 g/mol. The van der Waals surface area contributed by atoms with Crippen molar-refractivity contribution in [3.63, 3.8) is 0 Å². The predicted molar refractivity (Wildman–Crippen MR) is 83.6 cm³/mol. The Hall–Kier alpha value is -1.35. The molecule has 0 aliphatic rings. The monoisotopic (exact) mass is 336 g/mol. The number of hydrogen-bond donors (Lipinski definition) is 0. The lowest BCUT2D eigenvalue weighted by Crippen LogP contribution is -2.14. The fourth-order valence-electron chi connectivity index (χ4n) is 1.97. The molecule has 0 unspecified atom stereocenters. The van der Waals surface area contributed by atoms with Crippen LogP contribution < -0.4 is 4.74 Å². The molecule has 0 amide bonds. The van der Waals surface area contributed by atoms with Crippen molar-refractivity contribution in [2.24, 2.45) is 0 Å². The lowest BCUT2D eigenvalue weighted by Gasteiger charge is -2.23. The van der Waals surface area contributed by atoms with E-state index in [9.17, 15) is 4.39 Å². The Kier molecular flexibility index (Phi) is 4.48. The standard InChI is InChI=1S/C17H18BrFO/c1-17(2,3)13-9-15(19)14(18)10-16(13)20-11-12-7-5-4-6-8-12/h4-10H,11H2,1-3H3. The van der Waals surface area contributed by atoms with Crippen LogP contribution in [0.5, 0.6) is 5.75 Å². The van der Waals surface area contributed by atoms with Gasteiger partial charge in [0, 0.05) is 5.56 Å². The maximum atomic E-state index is 13.8. The molecule has 0 aromatic heterocycles. The van der Waals surface area contributed by atoms with E-state index in [1.54, 1.807) is 12.1 Å². The second-order valence-electron chi connectivity index (χ2n) is 5.79. The molecule has 2 rings (SSSR count). The molecular weight excluding hydrogens is 319 g/mol. The van der Waals surface area contributed by atoms with Gasteiger partial charge in [0.05, 0.1) is 4.47 Å². The first-order chi connectivity index (χ1) is 9.38. The molecule has 1 nitrogen and oxygen atoms in total. The molecule has 2 aromatic carbocycles. The van der Waals surface area contributed by atoms with Crippen molar-refractivity contribution in [1.29, 1.82) is 0 Å². The van der Waals surface area contributed by atoms with Crippen LogP contribution in [0.1, 0.15) is 31.9 Å². The summed E-state index contributed by atoms with van der Waals surface area (Å²) in [6.07, 6.45) is 0. The summed E-state index contributed by atoms with van der Waals surface area (Å²) in [5.74, 6) is 0.455. The molecule has 0 spiro atoms.